The lowest BCUT2D eigenvalue weighted by atomic mass is 10.1. The van der Waals surface area contributed by atoms with E-state index in [1.807, 2.05) is 24.0 Å². The Kier molecular flexibility index (Phi) is 7.30. The molecule has 9 heteroatoms. The van der Waals surface area contributed by atoms with Crippen molar-refractivity contribution in [1.82, 2.24) is 14.7 Å². The fourth-order valence-corrected chi connectivity index (χ4v) is 5.66. The predicted octanol–water partition coefficient (Wildman–Crippen LogP) is 4.55. The summed E-state index contributed by atoms with van der Waals surface area (Å²) in [5.41, 5.74) is 1.34. The smallest absolute Gasteiger partial charge is 0.254 e. The SMILES string of the molecule is C[C@H]1S[C@H](c2ccc(Cl)c(Cl)c2)N(CCN2CCN(C(=O)c3cccc(F)c3)CC2)C1=O. The lowest BCUT2D eigenvalue weighted by Crippen LogP contribution is -2.50. The molecule has 0 spiro atoms. The fraction of sp³-hybridized carbons (Fsp3) is 0.391. The van der Waals surface area contributed by atoms with Crippen molar-refractivity contribution in [2.75, 3.05) is 39.3 Å². The van der Waals surface area contributed by atoms with Gasteiger partial charge >= 0.3 is 0 Å². The standard InChI is InChI=1S/C23H24Cl2FN3O2S/c1-15-21(30)29(23(32-15)17-5-6-19(24)20(25)14-17)12-9-27-7-10-28(11-8-27)22(31)16-3-2-4-18(26)13-16/h2-6,13-15,23H,7-12H2,1H3/t15-,23-/m1/s1. The summed E-state index contributed by atoms with van der Waals surface area (Å²) in [4.78, 5) is 31.3. The van der Waals surface area contributed by atoms with E-state index in [0.29, 0.717) is 48.3 Å². The number of thioether (sulfide) groups is 1. The topological polar surface area (TPSA) is 43.9 Å². The van der Waals surface area contributed by atoms with Crippen LogP contribution in [0, 0.1) is 5.82 Å². The molecule has 0 aliphatic carbocycles. The van der Waals surface area contributed by atoms with Crippen molar-refractivity contribution in [2.45, 2.75) is 17.5 Å². The van der Waals surface area contributed by atoms with E-state index in [1.165, 1.54) is 12.1 Å². The zero-order valence-electron chi connectivity index (χ0n) is 17.6. The molecule has 0 aromatic heterocycles. The van der Waals surface area contributed by atoms with Gasteiger partial charge in [-0.2, -0.15) is 0 Å². The minimum absolute atomic E-state index is 0.0943. The largest absolute Gasteiger partial charge is 0.336 e. The third-order valence-electron chi connectivity index (χ3n) is 5.86. The van der Waals surface area contributed by atoms with Gasteiger partial charge in [0, 0.05) is 44.8 Å². The molecule has 2 aliphatic rings. The maximum atomic E-state index is 13.4. The van der Waals surface area contributed by atoms with Gasteiger partial charge in [-0.15, -0.1) is 11.8 Å². The second-order valence-corrected chi connectivity index (χ2v) is 10.2. The lowest BCUT2D eigenvalue weighted by molar-refractivity contribution is -0.130. The van der Waals surface area contributed by atoms with Gasteiger partial charge in [-0.25, -0.2) is 4.39 Å². The molecule has 2 saturated heterocycles. The molecule has 0 radical (unpaired) electrons. The number of carbonyl (C=O) groups is 2. The second-order valence-electron chi connectivity index (χ2n) is 7.98. The minimum atomic E-state index is -0.409. The first-order valence-electron chi connectivity index (χ1n) is 10.5. The number of hydrogen-bond acceptors (Lipinski definition) is 4. The first kappa shape index (κ1) is 23.4. The molecule has 2 atom stereocenters. The van der Waals surface area contributed by atoms with Crippen LogP contribution in [0.1, 0.15) is 28.2 Å². The third-order valence-corrected chi connectivity index (χ3v) is 8.00. The highest BCUT2D eigenvalue weighted by Gasteiger charge is 2.38. The highest BCUT2D eigenvalue weighted by atomic mass is 35.5. The van der Waals surface area contributed by atoms with E-state index in [1.54, 1.807) is 34.9 Å². The Morgan fingerprint density at radius 2 is 1.81 bits per heavy atom. The van der Waals surface area contributed by atoms with Crippen LogP contribution in [-0.2, 0) is 4.79 Å². The van der Waals surface area contributed by atoms with Gasteiger partial charge in [0.1, 0.15) is 11.2 Å². The summed E-state index contributed by atoms with van der Waals surface area (Å²) >= 11 is 13.9. The quantitative estimate of drug-likeness (QED) is 0.609. The van der Waals surface area contributed by atoms with Crippen molar-refractivity contribution in [3.63, 3.8) is 0 Å². The van der Waals surface area contributed by atoms with Crippen LogP contribution < -0.4 is 0 Å². The van der Waals surface area contributed by atoms with Crippen LogP contribution in [0.2, 0.25) is 10.0 Å². The van der Waals surface area contributed by atoms with E-state index in [-0.39, 0.29) is 22.4 Å². The molecular weight excluding hydrogens is 472 g/mol. The summed E-state index contributed by atoms with van der Waals surface area (Å²) in [5, 5.41) is 0.768. The van der Waals surface area contributed by atoms with E-state index in [2.05, 4.69) is 4.90 Å². The molecule has 2 fully saturated rings. The fourth-order valence-electron chi connectivity index (χ4n) is 4.05. The summed E-state index contributed by atoms with van der Waals surface area (Å²) < 4.78 is 13.4. The monoisotopic (exact) mass is 495 g/mol. The average molecular weight is 496 g/mol. The normalized spacial score (nSPS) is 21.9. The maximum Gasteiger partial charge on any atom is 0.254 e. The van der Waals surface area contributed by atoms with E-state index in [4.69, 9.17) is 23.2 Å². The van der Waals surface area contributed by atoms with E-state index < -0.39 is 5.82 Å². The molecule has 2 aromatic carbocycles. The molecule has 32 heavy (non-hydrogen) atoms. The van der Waals surface area contributed by atoms with Crippen LogP contribution in [-0.4, -0.2) is 71.0 Å². The van der Waals surface area contributed by atoms with Crippen molar-refractivity contribution in [3.05, 3.63) is 69.5 Å². The molecule has 0 unspecified atom stereocenters. The van der Waals surface area contributed by atoms with Crippen molar-refractivity contribution in [2.24, 2.45) is 0 Å². The van der Waals surface area contributed by atoms with Crippen LogP contribution in [0.5, 0.6) is 0 Å². The zero-order valence-corrected chi connectivity index (χ0v) is 20.0. The Morgan fingerprint density at radius 3 is 2.50 bits per heavy atom. The number of halogens is 3. The predicted molar refractivity (Wildman–Crippen MR) is 127 cm³/mol. The van der Waals surface area contributed by atoms with Crippen LogP contribution >= 0.6 is 35.0 Å². The molecule has 2 aromatic rings. The molecular formula is C23H24Cl2FN3O2S. The summed E-state index contributed by atoms with van der Waals surface area (Å²) in [5.74, 6) is -0.442. The number of carbonyl (C=O) groups excluding carboxylic acids is 2. The van der Waals surface area contributed by atoms with Crippen molar-refractivity contribution in [1.29, 1.82) is 0 Å². The first-order chi connectivity index (χ1) is 15.3. The number of piperazine rings is 1. The highest BCUT2D eigenvalue weighted by Crippen LogP contribution is 2.43. The van der Waals surface area contributed by atoms with Gasteiger partial charge in [-0.1, -0.05) is 35.3 Å². The highest BCUT2D eigenvalue weighted by molar-refractivity contribution is 8.01. The maximum absolute atomic E-state index is 13.4. The van der Waals surface area contributed by atoms with Crippen molar-refractivity contribution < 1.29 is 14.0 Å². The Morgan fingerprint density at radius 1 is 1.06 bits per heavy atom. The first-order valence-corrected chi connectivity index (χ1v) is 12.2. The summed E-state index contributed by atoms with van der Waals surface area (Å²) in [6.45, 7) is 5.81. The van der Waals surface area contributed by atoms with Crippen LogP contribution in [0.25, 0.3) is 0 Å². The van der Waals surface area contributed by atoms with E-state index >= 15 is 0 Å². The molecule has 0 saturated carbocycles. The number of rotatable bonds is 5. The summed E-state index contributed by atoms with van der Waals surface area (Å²) in [7, 11) is 0. The minimum Gasteiger partial charge on any atom is -0.336 e. The molecule has 170 valence electrons. The summed E-state index contributed by atoms with van der Waals surface area (Å²) in [6.07, 6.45) is 0. The van der Waals surface area contributed by atoms with Crippen molar-refractivity contribution in [3.8, 4) is 0 Å². The van der Waals surface area contributed by atoms with Gasteiger partial charge < -0.3 is 9.80 Å². The van der Waals surface area contributed by atoms with E-state index in [9.17, 15) is 14.0 Å². The van der Waals surface area contributed by atoms with E-state index in [0.717, 1.165) is 12.1 Å². The van der Waals surface area contributed by atoms with Crippen LogP contribution in [0.15, 0.2) is 42.5 Å². The average Bonchev–Trinajstić information content (AvgIpc) is 3.07. The molecule has 2 amide bonds. The number of nitrogens with zero attached hydrogens (tertiary/aromatic N) is 3. The Balaban J connectivity index is 1.34. The molecule has 5 nitrogen and oxygen atoms in total. The van der Waals surface area contributed by atoms with Crippen molar-refractivity contribution >= 4 is 46.8 Å². The second kappa shape index (κ2) is 10.00. The van der Waals surface area contributed by atoms with Gasteiger partial charge in [-0.05, 0) is 42.8 Å². The van der Waals surface area contributed by atoms with Crippen LogP contribution in [0.4, 0.5) is 4.39 Å². The van der Waals surface area contributed by atoms with Gasteiger partial charge in [0.15, 0.2) is 0 Å². The number of hydrogen-bond donors (Lipinski definition) is 0. The molecule has 2 aliphatic heterocycles. The molecule has 2 heterocycles. The van der Waals surface area contributed by atoms with Gasteiger partial charge in [0.2, 0.25) is 5.91 Å². The number of benzene rings is 2. The van der Waals surface area contributed by atoms with Crippen LogP contribution in [0.3, 0.4) is 0 Å². The Hall–Kier alpha value is -1.80. The Bertz CT molecular complexity index is 1020. The summed E-state index contributed by atoms with van der Waals surface area (Å²) in [6, 6.07) is 11.3. The lowest BCUT2D eigenvalue weighted by Gasteiger charge is -2.36. The molecule has 0 bridgehead atoms. The molecule has 4 rings (SSSR count). The van der Waals surface area contributed by atoms with Gasteiger partial charge in [0.25, 0.3) is 5.91 Å². The Labute approximate surface area is 201 Å². The zero-order chi connectivity index (χ0) is 22.8. The third kappa shape index (κ3) is 5.06. The molecule has 0 N–H and O–H groups in total. The number of amides is 2. The van der Waals surface area contributed by atoms with Gasteiger partial charge in [-0.3, -0.25) is 14.5 Å². The van der Waals surface area contributed by atoms with Gasteiger partial charge in [0.05, 0.1) is 15.3 Å².